The molecule has 2 unspecified atom stereocenters. The molecular formula is C37H32F4O4. The van der Waals surface area contributed by atoms with E-state index in [2.05, 4.69) is 0 Å². The summed E-state index contributed by atoms with van der Waals surface area (Å²) in [6.07, 6.45) is 3.36. The summed E-state index contributed by atoms with van der Waals surface area (Å²) in [5.74, 6) is -6.21. The van der Waals surface area contributed by atoms with Gasteiger partial charge in [-0.2, -0.15) is 0 Å². The Hall–Kier alpha value is -4.72. The molecule has 8 heteroatoms. The summed E-state index contributed by atoms with van der Waals surface area (Å²) >= 11 is 0. The number of hydrogen-bond donors (Lipinski definition) is 0. The van der Waals surface area contributed by atoms with Gasteiger partial charge < -0.3 is 9.47 Å². The lowest BCUT2D eigenvalue weighted by Crippen LogP contribution is -2.21. The number of ketones is 1. The van der Waals surface area contributed by atoms with Crippen LogP contribution in [0.15, 0.2) is 84.9 Å². The van der Waals surface area contributed by atoms with E-state index in [-0.39, 0.29) is 12.4 Å². The van der Waals surface area contributed by atoms with Crippen LogP contribution in [0.4, 0.5) is 17.6 Å². The summed E-state index contributed by atoms with van der Waals surface area (Å²) in [7, 11) is 1.53. The first-order valence-electron chi connectivity index (χ1n) is 14.7. The molecular weight excluding hydrogens is 584 g/mol. The standard InChI is InChI=1S/C37H32F4O4/c1-3-45-34(42)17-23-7-4-6-22(16-23)10-11-25-8-5-9-29(37(25)44-2)30-18-26(24-12-14-27(38)15-13-24)19-31(30)36(43)35-32(40)20-28(39)21-33(35)41/h4-9,12-16,19-21,30-31H,3,10-11,17-18H2,1-2H3. The highest BCUT2D eigenvalue weighted by Gasteiger charge is 2.38. The molecule has 0 aliphatic heterocycles. The van der Waals surface area contributed by atoms with E-state index in [0.29, 0.717) is 60.5 Å². The molecule has 0 saturated heterocycles. The number of carbonyl (C=O) groups excluding carboxylic acids is 2. The summed E-state index contributed by atoms with van der Waals surface area (Å²) < 4.78 is 67.9. The van der Waals surface area contributed by atoms with E-state index in [9.17, 15) is 27.2 Å². The summed E-state index contributed by atoms with van der Waals surface area (Å²) in [5.41, 5.74) is 3.99. The van der Waals surface area contributed by atoms with Gasteiger partial charge in [0.1, 0.15) is 29.0 Å². The number of Topliss-reactive ketones (excluding diaryl/α,β-unsaturated/α-hetero) is 1. The van der Waals surface area contributed by atoms with Gasteiger partial charge in [-0.25, -0.2) is 17.6 Å². The monoisotopic (exact) mass is 616 g/mol. The third-order valence-corrected chi connectivity index (χ3v) is 8.08. The minimum atomic E-state index is -1.27. The SMILES string of the molecule is CCOC(=O)Cc1cccc(CCc2cccc(C3CC(c4ccc(F)cc4)=CC3C(=O)c3c(F)cc(F)cc3F)c2OC)c1. The van der Waals surface area contributed by atoms with Crippen molar-refractivity contribution >= 4 is 17.3 Å². The van der Waals surface area contributed by atoms with Crippen LogP contribution in [0.3, 0.4) is 0 Å². The van der Waals surface area contributed by atoms with Gasteiger partial charge >= 0.3 is 5.97 Å². The zero-order chi connectivity index (χ0) is 32.1. The number of aryl methyl sites for hydroxylation is 2. The lowest BCUT2D eigenvalue weighted by molar-refractivity contribution is -0.142. The number of benzene rings is 4. The zero-order valence-electron chi connectivity index (χ0n) is 24.9. The van der Waals surface area contributed by atoms with E-state index in [0.717, 1.165) is 16.7 Å². The molecule has 0 radical (unpaired) electrons. The van der Waals surface area contributed by atoms with Crippen LogP contribution in [0.25, 0.3) is 5.57 Å². The lowest BCUT2D eigenvalue weighted by Gasteiger charge is -2.23. The molecule has 1 aliphatic carbocycles. The largest absolute Gasteiger partial charge is 0.496 e. The molecule has 1 aliphatic rings. The van der Waals surface area contributed by atoms with Crippen LogP contribution in [-0.2, 0) is 28.8 Å². The number of rotatable bonds is 11. The molecule has 0 saturated carbocycles. The predicted octanol–water partition coefficient (Wildman–Crippen LogP) is 8.21. The van der Waals surface area contributed by atoms with Gasteiger partial charge in [0.15, 0.2) is 5.78 Å². The molecule has 4 aromatic carbocycles. The molecule has 4 nitrogen and oxygen atoms in total. The zero-order valence-corrected chi connectivity index (χ0v) is 24.9. The van der Waals surface area contributed by atoms with E-state index >= 15 is 0 Å². The smallest absolute Gasteiger partial charge is 0.310 e. The highest BCUT2D eigenvalue weighted by Crippen LogP contribution is 2.48. The lowest BCUT2D eigenvalue weighted by atomic mass is 9.81. The van der Waals surface area contributed by atoms with Crippen LogP contribution in [-0.4, -0.2) is 25.5 Å². The first-order chi connectivity index (χ1) is 21.7. The fourth-order valence-corrected chi connectivity index (χ4v) is 6.04. The Labute approximate surface area is 259 Å². The number of para-hydroxylation sites is 1. The highest BCUT2D eigenvalue weighted by atomic mass is 19.1. The average molecular weight is 617 g/mol. The Morgan fingerprint density at radius 2 is 1.51 bits per heavy atom. The predicted molar refractivity (Wildman–Crippen MR) is 163 cm³/mol. The topological polar surface area (TPSA) is 52.6 Å². The number of allylic oxidation sites excluding steroid dienone is 2. The molecule has 0 heterocycles. The molecule has 0 N–H and O–H groups in total. The van der Waals surface area contributed by atoms with Crippen molar-refractivity contribution < 1.29 is 36.6 Å². The molecule has 2 atom stereocenters. The van der Waals surface area contributed by atoms with E-state index < -0.39 is 46.5 Å². The number of methoxy groups -OCH3 is 1. The van der Waals surface area contributed by atoms with Crippen molar-refractivity contribution in [3.05, 3.63) is 142 Å². The van der Waals surface area contributed by atoms with Crippen molar-refractivity contribution in [2.45, 2.75) is 38.5 Å². The Bertz CT molecular complexity index is 1720. The van der Waals surface area contributed by atoms with Gasteiger partial charge in [-0.1, -0.05) is 60.7 Å². The van der Waals surface area contributed by atoms with Crippen molar-refractivity contribution in [2.24, 2.45) is 5.92 Å². The average Bonchev–Trinajstić information content (AvgIpc) is 3.45. The second-order valence-electron chi connectivity index (χ2n) is 11.0. The van der Waals surface area contributed by atoms with Crippen molar-refractivity contribution in [2.75, 3.05) is 13.7 Å². The minimum absolute atomic E-state index is 0.177. The van der Waals surface area contributed by atoms with Crippen LogP contribution in [0.2, 0.25) is 0 Å². The van der Waals surface area contributed by atoms with E-state index in [4.69, 9.17) is 9.47 Å². The summed E-state index contributed by atoms with van der Waals surface area (Å²) in [6.45, 7) is 2.08. The number of esters is 1. The van der Waals surface area contributed by atoms with Gasteiger partial charge in [0.25, 0.3) is 0 Å². The first-order valence-corrected chi connectivity index (χ1v) is 14.7. The van der Waals surface area contributed by atoms with Crippen molar-refractivity contribution in [1.82, 2.24) is 0 Å². The Morgan fingerprint density at radius 1 is 0.822 bits per heavy atom. The van der Waals surface area contributed by atoms with Crippen molar-refractivity contribution in [1.29, 1.82) is 0 Å². The maximum atomic E-state index is 14.8. The fourth-order valence-electron chi connectivity index (χ4n) is 6.04. The molecule has 0 bridgehead atoms. The van der Waals surface area contributed by atoms with Gasteiger partial charge in [-0.05, 0) is 71.7 Å². The third kappa shape index (κ3) is 7.17. The molecule has 0 amide bonds. The second kappa shape index (κ2) is 13.9. The van der Waals surface area contributed by atoms with Gasteiger partial charge in [0.2, 0.25) is 0 Å². The number of hydrogen-bond acceptors (Lipinski definition) is 4. The number of carbonyl (C=O) groups is 2. The van der Waals surface area contributed by atoms with Crippen LogP contribution in [0, 0.1) is 29.2 Å². The summed E-state index contributed by atoms with van der Waals surface area (Å²) in [6, 6.07) is 20.1. The maximum absolute atomic E-state index is 14.8. The maximum Gasteiger partial charge on any atom is 0.310 e. The van der Waals surface area contributed by atoms with Gasteiger partial charge in [-0.3, -0.25) is 9.59 Å². The molecule has 0 spiro atoms. The van der Waals surface area contributed by atoms with Crippen LogP contribution >= 0.6 is 0 Å². The van der Waals surface area contributed by atoms with Crippen molar-refractivity contribution in [3.63, 3.8) is 0 Å². The van der Waals surface area contributed by atoms with Gasteiger partial charge in [0.05, 0.1) is 25.7 Å². The van der Waals surface area contributed by atoms with Crippen LogP contribution in [0.1, 0.15) is 57.4 Å². The van der Waals surface area contributed by atoms with Gasteiger partial charge in [-0.15, -0.1) is 0 Å². The summed E-state index contributed by atoms with van der Waals surface area (Å²) in [5, 5.41) is 0. The normalized spacial score (nSPS) is 15.9. The van der Waals surface area contributed by atoms with E-state index in [1.54, 1.807) is 25.1 Å². The Morgan fingerprint density at radius 3 is 2.20 bits per heavy atom. The van der Waals surface area contributed by atoms with E-state index in [1.165, 1.54) is 19.2 Å². The van der Waals surface area contributed by atoms with E-state index in [1.807, 2.05) is 42.5 Å². The molecule has 5 rings (SSSR count). The van der Waals surface area contributed by atoms with Crippen LogP contribution < -0.4 is 4.74 Å². The third-order valence-electron chi connectivity index (χ3n) is 8.08. The number of halogens is 4. The Kier molecular flexibility index (Phi) is 9.81. The van der Waals surface area contributed by atoms with Crippen molar-refractivity contribution in [3.8, 4) is 5.75 Å². The Balaban J connectivity index is 1.47. The quantitative estimate of drug-likeness (QED) is 0.0969. The molecule has 0 aromatic heterocycles. The number of ether oxygens (including phenoxy) is 2. The van der Waals surface area contributed by atoms with Gasteiger partial charge in [0, 0.05) is 24.0 Å². The first kappa shape index (κ1) is 31.7. The van der Waals surface area contributed by atoms with Crippen LogP contribution in [0.5, 0.6) is 5.75 Å². The molecule has 232 valence electrons. The minimum Gasteiger partial charge on any atom is -0.496 e. The molecule has 45 heavy (non-hydrogen) atoms. The molecule has 0 fully saturated rings. The fraction of sp³-hybridized carbons (Fsp3) is 0.243. The highest BCUT2D eigenvalue weighted by molar-refractivity contribution is 6.02. The second-order valence-corrected chi connectivity index (χ2v) is 11.0. The summed E-state index contributed by atoms with van der Waals surface area (Å²) in [4.78, 5) is 25.7. The molecule has 4 aromatic rings.